The summed E-state index contributed by atoms with van der Waals surface area (Å²) in [4.78, 5) is 25.6. The van der Waals surface area contributed by atoms with Crippen molar-refractivity contribution < 1.29 is 9.59 Å². The molecule has 1 aliphatic heterocycles. The second-order valence-electron chi connectivity index (χ2n) is 5.16. The van der Waals surface area contributed by atoms with Gasteiger partial charge in [0, 0.05) is 37.2 Å². The van der Waals surface area contributed by atoms with E-state index in [2.05, 4.69) is 15.7 Å². The fourth-order valence-corrected chi connectivity index (χ4v) is 2.39. The van der Waals surface area contributed by atoms with E-state index in [1.54, 1.807) is 35.0 Å². The van der Waals surface area contributed by atoms with Crippen LogP contribution in [-0.4, -0.2) is 34.8 Å². The van der Waals surface area contributed by atoms with E-state index in [1.165, 1.54) is 0 Å². The van der Waals surface area contributed by atoms with Gasteiger partial charge in [-0.2, -0.15) is 5.10 Å². The monoisotopic (exact) mass is 299 g/mol. The van der Waals surface area contributed by atoms with Crippen LogP contribution in [0.1, 0.15) is 16.1 Å². The molecule has 1 fully saturated rings. The van der Waals surface area contributed by atoms with Crippen LogP contribution in [0, 0.1) is 6.92 Å². The molecule has 0 saturated carbocycles. The quantitative estimate of drug-likeness (QED) is 0.901. The molecule has 2 heterocycles. The topological polar surface area (TPSA) is 79.3 Å². The lowest BCUT2D eigenvalue weighted by Gasteiger charge is -2.15. The van der Waals surface area contributed by atoms with Gasteiger partial charge in [-0.25, -0.2) is 4.79 Å². The third-order valence-electron chi connectivity index (χ3n) is 3.75. The Labute approximate surface area is 127 Å². The van der Waals surface area contributed by atoms with Crippen molar-refractivity contribution in [1.82, 2.24) is 15.1 Å². The lowest BCUT2D eigenvalue weighted by atomic mass is 10.2. The molecular weight excluding hydrogens is 282 g/mol. The van der Waals surface area contributed by atoms with E-state index in [1.807, 2.05) is 19.1 Å². The number of carbonyl (C=O) groups is 2. The fraction of sp³-hybridized carbons (Fsp3) is 0.267. The van der Waals surface area contributed by atoms with Crippen LogP contribution < -0.4 is 15.5 Å². The first-order valence-electron chi connectivity index (χ1n) is 7.01. The van der Waals surface area contributed by atoms with Crippen molar-refractivity contribution in [3.63, 3.8) is 0 Å². The summed E-state index contributed by atoms with van der Waals surface area (Å²) in [5.74, 6) is -0.214. The lowest BCUT2D eigenvalue weighted by Crippen LogP contribution is -2.27. The first-order valence-corrected chi connectivity index (χ1v) is 7.01. The van der Waals surface area contributed by atoms with Gasteiger partial charge in [-0.15, -0.1) is 0 Å². The molecule has 7 nitrogen and oxygen atoms in total. The van der Waals surface area contributed by atoms with E-state index in [0.29, 0.717) is 24.3 Å². The van der Waals surface area contributed by atoms with Gasteiger partial charge in [0.2, 0.25) is 0 Å². The van der Waals surface area contributed by atoms with E-state index in [0.717, 1.165) is 11.4 Å². The van der Waals surface area contributed by atoms with Gasteiger partial charge in [0.15, 0.2) is 0 Å². The largest absolute Gasteiger partial charge is 0.336 e. The molecule has 2 aromatic rings. The SMILES string of the molecule is Cc1c(C(=O)Nc2cccc(N3CCNC3=O)c2)cnn1C. The highest BCUT2D eigenvalue weighted by Gasteiger charge is 2.21. The Bertz CT molecular complexity index is 737. The average Bonchev–Trinajstić information content (AvgIpc) is 3.06. The predicted octanol–water partition coefficient (Wildman–Crippen LogP) is 1.51. The number of anilines is 2. The summed E-state index contributed by atoms with van der Waals surface area (Å²) in [5.41, 5.74) is 2.74. The smallest absolute Gasteiger partial charge is 0.321 e. The minimum Gasteiger partial charge on any atom is -0.336 e. The molecule has 1 aromatic heterocycles. The number of hydrogen-bond donors (Lipinski definition) is 2. The average molecular weight is 299 g/mol. The zero-order valence-corrected chi connectivity index (χ0v) is 12.5. The summed E-state index contributed by atoms with van der Waals surface area (Å²) in [7, 11) is 1.79. The van der Waals surface area contributed by atoms with Crippen LogP contribution in [0.4, 0.5) is 16.2 Å². The molecular formula is C15H17N5O2. The van der Waals surface area contributed by atoms with E-state index < -0.39 is 0 Å². The Morgan fingerprint density at radius 2 is 2.23 bits per heavy atom. The van der Waals surface area contributed by atoms with Gasteiger partial charge < -0.3 is 10.6 Å². The summed E-state index contributed by atoms with van der Waals surface area (Å²) in [6.45, 7) is 3.09. The van der Waals surface area contributed by atoms with Crippen molar-refractivity contribution in [2.24, 2.45) is 7.05 Å². The first-order chi connectivity index (χ1) is 10.6. The summed E-state index contributed by atoms with van der Waals surface area (Å²) >= 11 is 0. The summed E-state index contributed by atoms with van der Waals surface area (Å²) in [6.07, 6.45) is 1.54. The third-order valence-corrected chi connectivity index (χ3v) is 3.75. The maximum atomic E-state index is 12.3. The molecule has 0 unspecified atom stereocenters. The Morgan fingerprint density at radius 1 is 1.41 bits per heavy atom. The number of amides is 3. The zero-order valence-electron chi connectivity index (χ0n) is 12.5. The van der Waals surface area contributed by atoms with Gasteiger partial charge in [-0.1, -0.05) is 6.07 Å². The summed E-state index contributed by atoms with van der Waals surface area (Å²) < 4.78 is 1.65. The minimum absolute atomic E-state index is 0.119. The number of nitrogens with one attached hydrogen (secondary N) is 2. The zero-order chi connectivity index (χ0) is 15.7. The number of urea groups is 1. The molecule has 0 atom stereocenters. The highest BCUT2D eigenvalue weighted by atomic mass is 16.2. The number of aromatic nitrogens is 2. The molecule has 0 radical (unpaired) electrons. The van der Waals surface area contributed by atoms with E-state index in [-0.39, 0.29) is 11.9 Å². The lowest BCUT2D eigenvalue weighted by molar-refractivity contribution is 0.102. The predicted molar refractivity (Wildman–Crippen MR) is 83.1 cm³/mol. The van der Waals surface area contributed by atoms with Crippen molar-refractivity contribution in [3.8, 4) is 0 Å². The molecule has 1 aromatic carbocycles. The number of hydrogen-bond acceptors (Lipinski definition) is 3. The first kappa shape index (κ1) is 14.1. The van der Waals surface area contributed by atoms with Crippen LogP contribution in [0.15, 0.2) is 30.5 Å². The molecule has 2 N–H and O–H groups in total. The Balaban J connectivity index is 1.79. The summed E-state index contributed by atoms with van der Waals surface area (Å²) in [6, 6.07) is 7.12. The molecule has 7 heteroatoms. The van der Waals surface area contributed by atoms with Crippen molar-refractivity contribution in [1.29, 1.82) is 0 Å². The molecule has 3 rings (SSSR count). The summed E-state index contributed by atoms with van der Waals surface area (Å²) in [5, 5.41) is 9.66. The number of nitrogens with zero attached hydrogens (tertiary/aromatic N) is 3. The van der Waals surface area contributed by atoms with Crippen molar-refractivity contribution in [3.05, 3.63) is 41.7 Å². The standard InChI is InChI=1S/C15H17N5O2/c1-10-13(9-17-19(10)2)14(21)18-11-4-3-5-12(8-11)20-7-6-16-15(20)22/h3-5,8-9H,6-7H2,1-2H3,(H,16,22)(H,18,21). The van der Waals surface area contributed by atoms with Gasteiger partial charge in [-0.3, -0.25) is 14.4 Å². The highest BCUT2D eigenvalue weighted by Crippen LogP contribution is 2.21. The van der Waals surface area contributed by atoms with Crippen molar-refractivity contribution in [2.75, 3.05) is 23.3 Å². The van der Waals surface area contributed by atoms with Gasteiger partial charge in [0.05, 0.1) is 11.8 Å². The third kappa shape index (κ3) is 2.52. The van der Waals surface area contributed by atoms with E-state index in [9.17, 15) is 9.59 Å². The number of aryl methyl sites for hydroxylation is 1. The molecule has 0 spiro atoms. The van der Waals surface area contributed by atoms with E-state index >= 15 is 0 Å². The van der Waals surface area contributed by atoms with Crippen molar-refractivity contribution in [2.45, 2.75) is 6.92 Å². The van der Waals surface area contributed by atoms with Gasteiger partial charge in [0.1, 0.15) is 0 Å². The second kappa shape index (κ2) is 5.51. The maximum Gasteiger partial charge on any atom is 0.321 e. The maximum absolute atomic E-state index is 12.3. The Kier molecular flexibility index (Phi) is 3.54. The normalized spacial score (nSPS) is 14.1. The van der Waals surface area contributed by atoms with Crippen LogP contribution in [0.25, 0.3) is 0 Å². The Morgan fingerprint density at radius 3 is 2.86 bits per heavy atom. The molecule has 114 valence electrons. The number of benzene rings is 1. The minimum atomic E-state index is -0.214. The van der Waals surface area contributed by atoms with Crippen LogP contribution in [-0.2, 0) is 7.05 Å². The Hall–Kier alpha value is -2.83. The number of carbonyl (C=O) groups excluding carboxylic acids is 2. The highest BCUT2D eigenvalue weighted by molar-refractivity contribution is 6.05. The molecule has 0 bridgehead atoms. The second-order valence-corrected chi connectivity index (χ2v) is 5.16. The van der Waals surface area contributed by atoms with E-state index in [4.69, 9.17) is 0 Å². The van der Waals surface area contributed by atoms with Crippen LogP contribution >= 0.6 is 0 Å². The molecule has 1 saturated heterocycles. The van der Waals surface area contributed by atoms with Gasteiger partial charge in [0.25, 0.3) is 5.91 Å². The number of rotatable bonds is 3. The van der Waals surface area contributed by atoms with Gasteiger partial charge >= 0.3 is 6.03 Å². The van der Waals surface area contributed by atoms with Crippen LogP contribution in [0.5, 0.6) is 0 Å². The molecule has 0 aliphatic carbocycles. The molecule has 1 aliphatic rings. The fourth-order valence-electron chi connectivity index (χ4n) is 2.39. The molecule has 22 heavy (non-hydrogen) atoms. The van der Waals surface area contributed by atoms with Gasteiger partial charge in [-0.05, 0) is 25.1 Å². The molecule has 3 amide bonds. The van der Waals surface area contributed by atoms with Crippen molar-refractivity contribution >= 4 is 23.3 Å². The van der Waals surface area contributed by atoms with Crippen LogP contribution in [0.2, 0.25) is 0 Å². The van der Waals surface area contributed by atoms with Crippen LogP contribution in [0.3, 0.4) is 0 Å².